The minimum absolute atomic E-state index is 0.312. The largest absolute Gasteiger partial charge is 0.488 e. The molecule has 0 fully saturated rings. The van der Waals surface area contributed by atoms with E-state index >= 15 is 0 Å². The van der Waals surface area contributed by atoms with Crippen LogP contribution in [0.3, 0.4) is 0 Å². The highest BCUT2D eigenvalue weighted by Gasteiger charge is 2.10. The molecule has 1 atom stereocenters. The summed E-state index contributed by atoms with van der Waals surface area (Å²) in [6, 6.07) is 15.2. The molecule has 0 amide bonds. The van der Waals surface area contributed by atoms with E-state index in [1.807, 2.05) is 43.3 Å². The topological polar surface area (TPSA) is 53.2 Å². The Labute approximate surface area is 119 Å². The number of ether oxygens (including phenoxy) is 1. The third kappa shape index (κ3) is 3.17. The van der Waals surface area contributed by atoms with Gasteiger partial charge in [-0.15, -0.1) is 0 Å². The summed E-state index contributed by atoms with van der Waals surface area (Å²) in [6.07, 6.45) is -0.587. The molecule has 0 aromatic heterocycles. The highest BCUT2D eigenvalue weighted by Crippen LogP contribution is 2.27. The van der Waals surface area contributed by atoms with Crippen molar-refractivity contribution in [2.75, 3.05) is 0 Å². The van der Waals surface area contributed by atoms with E-state index in [1.54, 1.807) is 13.0 Å². The molecule has 0 aliphatic heterocycles. The van der Waals surface area contributed by atoms with E-state index in [0.717, 1.165) is 16.7 Å². The van der Waals surface area contributed by atoms with Crippen molar-refractivity contribution in [3.8, 4) is 11.8 Å². The number of aliphatic hydroxyl groups excluding tert-OH is 1. The first-order chi connectivity index (χ1) is 9.61. The maximum absolute atomic E-state index is 9.79. The van der Waals surface area contributed by atoms with Gasteiger partial charge in [0.2, 0.25) is 0 Å². The van der Waals surface area contributed by atoms with E-state index in [9.17, 15) is 5.11 Å². The van der Waals surface area contributed by atoms with Crippen molar-refractivity contribution < 1.29 is 9.84 Å². The Kier molecular flexibility index (Phi) is 4.39. The molecule has 0 aliphatic rings. The molecule has 3 nitrogen and oxygen atoms in total. The third-order valence-electron chi connectivity index (χ3n) is 3.14. The molecule has 0 radical (unpaired) electrons. The maximum atomic E-state index is 9.79. The summed E-state index contributed by atoms with van der Waals surface area (Å²) in [7, 11) is 0. The number of aryl methyl sites for hydroxylation is 1. The summed E-state index contributed by atoms with van der Waals surface area (Å²) in [4.78, 5) is 0. The van der Waals surface area contributed by atoms with Crippen molar-refractivity contribution >= 4 is 0 Å². The molecule has 0 spiro atoms. The van der Waals surface area contributed by atoms with E-state index < -0.39 is 6.10 Å². The fraction of sp³-hybridized carbons (Fsp3) is 0.235. The predicted molar refractivity (Wildman–Crippen MR) is 77.3 cm³/mol. The van der Waals surface area contributed by atoms with Crippen molar-refractivity contribution in [2.45, 2.75) is 26.6 Å². The Balaban J connectivity index is 2.21. The Morgan fingerprint density at radius 1 is 1.25 bits per heavy atom. The molecule has 0 saturated carbocycles. The highest BCUT2D eigenvalue weighted by atomic mass is 16.5. The summed E-state index contributed by atoms with van der Waals surface area (Å²) in [5, 5.41) is 18.8. The second kappa shape index (κ2) is 6.23. The van der Waals surface area contributed by atoms with Crippen LogP contribution in [0, 0.1) is 18.3 Å². The average Bonchev–Trinajstić information content (AvgIpc) is 2.46. The number of hydrogen-bond donors (Lipinski definition) is 1. The highest BCUT2D eigenvalue weighted by molar-refractivity contribution is 5.40. The molecule has 102 valence electrons. The van der Waals surface area contributed by atoms with E-state index in [0.29, 0.717) is 17.9 Å². The SMILES string of the molecule is Cc1ccc(OCc2ccccc2C#N)c([C@@H](C)O)c1. The van der Waals surface area contributed by atoms with Gasteiger partial charge in [-0.1, -0.05) is 29.8 Å². The lowest BCUT2D eigenvalue weighted by atomic mass is 10.1. The maximum Gasteiger partial charge on any atom is 0.125 e. The molecule has 0 unspecified atom stereocenters. The molecule has 2 rings (SSSR count). The van der Waals surface area contributed by atoms with Gasteiger partial charge in [0, 0.05) is 11.1 Å². The first kappa shape index (κ1) is 14.1. The molecule has 0 saturated heterocycles. The van der Waals surface area contributed by atoms with Crippen molar-refractivity contribution in [3.05, 3.63) is 64.7 Å². The number of nitriles is 1. The summed E-state index contributed by atoms with van der Waals surface area (Å²) in [5.41, 5.74) is 3.29. The van der Waals surface area contributed by atoms with E-state index in [2.05, 4.69) is 6.07 Å². The van der Waals surface area contributed by atoms with Crippen molar-refractivity contribution in [1.82, 2.24) is 0 Å². The van der Waals surface area contributed by atoms with Crippen LogP contribution < -0.4 is 4.74 Å². The van der Waals surface area contributed by atoms with Crippen LogP contribution in [-0.4, -0.2) is 5.11 Å². The number of rotatable bonds is 4. The summed E-state index contributed by atoms with van der Waals surface area (Å²) >= 11 is 0. The zero-order valence-electron chi connectivity index (χ0n) is 11.6. The van der Waals surface area contributed by atoms with Gasteiger partial charge in [0.25, 0.3) is 0 Å². The van der Waals surface area contributed by atoms with Crippen molar-refractivity contribution in [2.24, 2.45) is 0 Å². The van der Waals surface area contributed by atoms with Gasteiger partial charge in [0.05, 0.1) is 17.7 Å². The van der Waals surface area contributed by atoms with Gasteiger partial charge in [-0.3, -0.25) is 0 Å². The lowest BCUT2D eigenvalue weighted by Crippen LogP contribution is -2.02. The van der Waals surface area contributed by atoms with E-state index in [1.165, 1.54) is 0 Å². The first-order valence-corrected chi connectivity index (χ1v) is 6.51. The van der Waals surface area contributed by atoms with Crippen LogP contribution in [-0.2, 0) is 6.61 Å². The third-order valence-corrected chi connectivity index (χ3v) is 3.14. The van der Waals surface area contributed by atoms with Crippen LogP contribution in [0.4, 0.5) is 0 Å². The molecular weight excluding hydrogens is 250 g/mol. The van der Waals surface area contributed by atoms with Crippen LogP contribution in [0.2, 0.25) is 0 Å². The molecule has 20 heavy (non-hydrogen) atoms. The van der Waals surface area contributed by atoms with Crippen LogP contribution in [0.5, 0.6) is 5.75 Å². The number of hydrogen-bond acceptors (Lipinski definition) is 3. The van der Waals surface area contributed by atoms with Crippen LogP contribution in [0.1, 0.15) is 35.3 Å². The van der Waals surface area contributed by atoms with Gasteiger partial charge in [0.1, 0.15) is 12.4 Å². The molecule has 2 aromatic carbocycles. The van der Waals surface area contributed by atoms with E-state index in [4.69, 9.17) is 10.00 Å². The fourth-order valence-electron chi connectivity index (χ4n) is 2.04. The summed E-state index contributed by atoms with van der Waals surface area (Å²) in [6.45, 7) is 4.00. The summed E-state index contributed by atoms with van der Waals surface area (Å²) < 4.78 is 5.77. The van der Waals surface area contributed by atoms with Gasteiger partial charge in [-0.05, 0) is 32.0 Å². The zero-order chi connectivity index (χ0) is 14.5. The molecular formula is C17H17NO2. The van der Waals surface area contributed by atoms with Crippen LogP contribution >= 0.6 is 0 Å². The molecule has 0 aliphatic carbocycles. The van der Waals surface area contributed by atoms with Crippen LogP contribution in [0.25, 0.3) is 0 Å². The van der Waals surface area contributed by atoms with Gasteiger partial charge >= 0.3 is 0 Å². The summed E-state index contributed by atoms with van der Waals surface area (Å²) in [5.74, 6) is 0.651. The quantitative estimate of drug-likeness (QED) is 0.922. The second-order valence-corrected chi connectivity index (χ2v) is 4.77. The Hall–Kier alpha value is -2.31. The normalized spacial score (nSPS) is 11.7. The zero-order valence-corrected chi connectivity index (χ0v) is 11.6. The fourth-order valence-corrected chi connectivity index (χ4v) is 2.04. The Morgan fingerprint density at radius 3 is 2.70 bits per heavy atom. The Morgan fingerprint density at radius 2 is 2.00 bits per heavy atom. The van der Waals surface area contributed by atoms with Crippen molar-refractivity contribution in [1.29, 1.82) is 5.26 Å². The minimum atomic E-state index is -0.587. The predicted octanol–water partition coefficient (Wildman–Crippen LogP) is 3.50. The van der Waals surface area contributed by atoms with E-state index in [-0.39, 0.29) is 0 Å². The standard InChI is InChI=1S/C17H17NO2/c1-12-7-8-17(16(9-12)13(2)19)20-11-15-6-4-3-5-14(15)10-18/h3-9,13,19H,11H2,1-2H3/t13-/m1/s1. The molecule has 3 heteroatoms. The smallest absolute Gasteiger partial charge is 0.125 e. The van der Waals surface area contributed by atoms with Gasteiger partial charge < -0.3 is 9.84 Å². The minimum Gasteiger partial charge on any atom is -0.488 e. The molecule has 0 heterocycles. The number of aliphatic hydroxyl groups is 1. The molecule has 2 aromatic rings. The number of benzene rings is 2. The lowest BCUT2D eigenvalue weighted by Gasteiger charge is -2.14. The molecule has 0 bridgehead atoms. The monoisotopic (exact) mass is 267 g/mol. The average molecular weight is 267 g/mol. The van der Waals surface area contributed by atoms with Gasteiger partial charge in [-0.25, -0.2) is 0 Å². The Bertz CT molecular complexity index is 642. The van der Waals surface area contributed by atoms with Gasteiger partial charge in [0.15, 0.2) is 0 Å². The second-order valence-electron chi connectivity index (χ2n) is 4.77. The number of nitrogens with zero attached hydrogens (tertiary/aromatic N) is 1. The van der Waals surface area contributed by atoms with Crippen molar-refractivity contribution in [3.63, 3.8) is 0 Å². The lowest BCUT2D eigenvalue weighted by molar-refractivity contribution is 0.190. The van der Waals surface area contributed by atoms with Gasteiger partial charge in [-0.2, -0.15) is 5.26 Å². The first-order valence-electron chi connectivity index (χ1n) is 6.51. The van der Waals surface area contributed by atoms with Crippen LogP contribution in [0.15, 0.2) is 42.5 Å². The molecule has 1 N–H and O–H groups in total.